The quantitative estimate of drug-likeness (QED) is 0.809. The molecule has 0 saturated carbocycles. The van der Waals surface area contributed by atoms with E-state index < -0.39 is 5.97 Å². The van der Waals surface area contributed by atoms with Crippen LogP contribution in [-0.2, 0) is 11.3 Å². The second-order valence-corrected chi connectivity index (χ2v) is 3.34. The van der Waals surface area contributed by atoms with Crippen LogP contribution in [-0.4, -0.2) is 15.9 Å². The van der Waals surface area contributed by atoms with Gasteiger partial charge in [-0.05, 0) is 19.1 Å². The Hall–Kier alpha value is -2.55. The van der Waals surface area contributed by atoms with E-state index in [0.717, 1.165) is 0 Å². The van der Waals surface area contributed by atoms with Crippen LogP contribution >= 0.6 is 0 Å². The zero-order valence-electron chi connectivity index (χ0n) is 9.06. The van der Waals surface area contributed by atoms with E-state index in [2.05, 4.69) is 9.97 Å². The Kier molecular flexibility index (Phi) is 2.92. The molecule has 0 amide bonds. The minimum absolute atomic E-state index is 0.0341. The molecule has 17 heavy (non-hydrogen) atoms. The largest absolute Gasteiger partial charge is 0.451 e. The number of esters is 1. The maximum Gasteiger partial charge on any atom is 0.355 e. The maximum absolute atomic E-state index is 11.5. The highest BCUT2D eigenvalue weighted by molar-refractivity contribution is 5.87. The van der Waals surface area contributed by atoms with Gasteiger partial charge in [0.15, 0.2) is 6.61 Å². The molecule has 86 valence electrons. The van der Waals surface area contributed by atoms with Gasteiger partial charge in [0.2, 0.25) is 5.89 Å². The standard InChI is InChI=1S/C11H9N3O3/c1-7-5-13-10(17-7)6-16-11(15)9-3-2-8(4-12)14-9/h2-3,5,14H,6H2,1H3. The number of aromatic amines is 1. The number of rotatable bonds is 3. The van der Waals surface area contributed by atoms with Gasteiger partial charge in [-0.2, -0.15) is 5.26 Å². The van der Waals surface area contributed by atoms with Crippen LogP contribution in [0.4, 0.5) is 0 Å². The molecule has 0 unspecified atom stereocenters. The Bertz CT molecular complexity index is 577. The Morgan fingerprint density at radius 1 is 1.65 bits per heavy atom. The van der Waals surface area contributed by atoms with Crippen LogP contribution in [0, 0.1) is 18.3 Å². The summed E-state index contributed by atoms with van der Waals surface area (Å²) in [7, 11) is 0. The van der Waals surface area contributed by atoms with Gasteiger partial charge < -0.3 is 14.1 Å². The summed E-state index contributed by atoms with van der Waals surface area (Å²) >= 11 is 0. The number of H-pyrrole nitrogens is 1. The van der Waals surface area contributed by atoms with Crippen molar-refractivity contribution < 1.29 is 13.9 Å². The normalized spacial score (nSPS) is 9.88. The van der Waals surface area contributed by atoms with Gasteiger partial charge in [-0.15, -0.1) is 0 Å². The summed E-state index contributed by atoms with van der Waals surface area (Å²) in [6.45, 7) is 1.72. The molecule has 0 aliphatic rings. The molecule has 2 heterocycles. The number of aromatic nitrogens is 2. The minimum atomic E-state index is -0.553. The lowest BCUT2D eigenvalue weighted by Gasteiger charge is -1.99. The van der Waals surface area contributed by atoms with E-state index >= 15 is 0 Å². The number of carbonyl (C=O) groups is 1. The number of hydrogen-bond acceptors (Lipinski definition) is 5. The molecular weight excluding hydrogens is 222 g/mol. The zero-order chi connectivity index (χ0) is 12.3. The van der Waals surface area contributed by atoms with Crippen molar-refractivity contribution >= 4 is 5.97 Å². The summed E-state index contributed by atoms with van der Waals surface area (Å²) < 4.78 is 10.1. The second kappa shape index (κ2) is 4.53. The summed E-state index contributed by atoms with van der Waals surface area (Å²) in [6.07, 6.45) is 1.55. The van der Waals surface area contributed by atoms with Crippen molar-refractivity contribution in [1.29, 1.82) is 5.26 Å². The number of carbonyl (C=O) groups excluding carboxylic acids is 1. The Balaban J connectivity index is 1.96. The third-order valence-electron chi connectivity index (χ3n) is 2.02. The van der Waals surface area contributed by atoms with Gasteiger partial charge in [-0.25, -0.2) is 9.78 Å². The van der Waals surface area contributed by atoms with Crippen molar-refractivity contribution in [3.63, 3.8) is 0 Å². The average molecular weight is 231 g/mol. The van der Waals surface area contributed by atoms with Gasteiger partial charge in [0.1, 0.15) is 23.2 Å². The van der Waals surface area contributed by atoms with Crippen molar-refractivity contribution in [2.24, 2.45) is 0 Å². The summed E-state index contributed by atoms with van der Waals surface area (Å²) in [5.74, 6) is 0.438. The number of hydrogen-bond donors (Lipinski definition) is 1. The molecule has 1 N–H and O–H groups in total. The molecule has 0 aromatic carbocycles. The first-order chi connectivity index (χ1) is 8.19. The third kappa shape index (κ3) is 2.52. The molecule has 2 rings (SSSR count). The molecule has 2 aromatic heterocycles. The lowest BCUT2D eigenvalue weighted by molar-refractivity contribution is 0.0431. The van der Waals surface area contributed by atoms with E-state index in [9.17, 15) is 4.79 Å². The fraction of sp³-hybridized carbons (Fsp3) is 0.182. The van der Waals surface area contributed by atoms with E-state index in [0.29, 0.717) is 17.3 Å². The molecule has 0 aliphatic carbocycles. The molecule has 0 aliphatic heterocycles. The van der Waals surface area contributed by atoms with Crippen molar-refractivity contribution in [3.8, 4) is 6.07 Å². The van der Waals surface area contributed by atoms with Crippen molar-refractivity contribution in [2.75, 3.05) is 0 Å². The molecule has 0 radical (unpaired) electrons. The minimum Gasteiger partial charge on any atom is -0.451 e. The molecule has 0 atom stereocenters. The van der Waals surface area contributed by atoms with E-state index in [-0.39, 0.29) is 12.3 Å². The maximum atomic E-state index is 11.5. The average Bonchev–Trinajstić information content (AvgIpc) is 2.94. The van der Waals surface area contributed by atoms with Gasteiger partial charge in [-0.1, -0.05) is 0 Å². The van der Waals surface area contributed by atoms with Crippen LogP contribution in [0.15, 0.2) is 22.7 Å². The fourth-order valence-electron chi connectivity index (χ4n) is 1.25. The zero-order valence-corrected chi connectivity index (χ0v) is 9.06. The predicted molar refractivity (Wildman–Crippen MR) is 55.9 cm³/mol. The van der Waals surface area contributed by atoms with Crippen LogP contribution in [0.3, 0.4) is 0 Å². The summed E-state index contributed by atoms with van der Waals surface area (Å²) in [5.41, 5.74) is 0.536. The van der Waals surface area contributed by atoms with Gasteiger partial charge in [0.25, 0.3) is 0 Å². The predicted octanol–water partition coefficient (Wildman–Crippen LogP) is 1.54. The lowest BCUT2D eigenvalue weighted by atomic mass is 10.4. The summed E-state index contributed by atoms with van der Waals surface area (Å²) in [5, 5.41) is 8.59. The van der Waals surface area contributed by atoms with E-state index in [1.165, 1.54) is 12.1 Å². The van der Waals surface area contributed by atoms with Crippen LogP contribution < -0.4 is 0 Å². The molecule has 2 aromatic rings. The summed E-state index contributed by atoms with van der Waals surface area (Å²) in [6, 6.07) is 4.88. The number of nitriles is 1. The van der Waals surface area contributed by atoms with E-state index in [1.807, 2.05) is 6.07 Å². The van der Waals surface area contributed by atoms with Gasteiger partial charge in [-0.3, -0.25) is 0 Å². The van der Waals surface area contributed by atoms with Crippen molar-refractivity contribution in [3.05, 3.63) is 41.4 Å². The topological polar surface area (TPSA) is 91.9 Å². The Morgan fingerprint density at radius 3 is 3.06 bits per heavy atom. The number of nitrogens with one attached hydrogen (secondary N) is 1. The van der Waals surface area contributed by atoms with Crippen LogP contribution in [0.1, 0.15) is 27.8 Å². The lowest BCUT2D eigenvalue weighted by Crippen LogP contribution is -2.05. The highest BCUT2D eigenvalue weighted by atomic mass is 16.5. The van der Waals surface area contributed by atoms with Gasteiger partial charge in [0, 0.05) is 0 Å². The Morgan fingerprint density at radius 2 is 2.47 bits per heavy atom. The monoisotopic (exact) mass is 231 g/mol. The molecule has 0 spiro atoms. The third-order valence-corrected chi connectivity index (χ3v) is 2.02. The SMILES string of the molecule is Cc1cnc(COC(=O)c2ccc(C#N)[nH]2)o1. The first kappa shape index (κ1) is 11.0. The first-order valence-electron chi connectivity index (χ1n) is 4.86. The van der Waals surface area contributed by atoms with Crippen LogP contribution in [0.2, 0.25) is 0 Å². The summed E-state index contributed by atoms with van der Waals surface area (Å²) in [4.78, 5) is 18.0. The van der Waals surface area contributed by atoms with Crippen LogP contribution in [0.5, 0.6) is 0 Å². The molecule has 6 heteroatoms. The molecule has 0 bridgehead atoms. The van der Waals surface area contributed by atoms with Crippen molar-refractivity contribution in [2.45, 2.75) is 13.5 Å². The fourth-order valence-corrected chi connectivity index (χ4v) is 1.25. The smallest absolute Gasteiger partial charge is 0.355 e. The highest BCUT2D eigenvalue weighted by Gasteiger charge is 2.11. The first-order valence-corrected chi connectivity index (χ1v) is 4.86. The van der Waals surface area contributed by atoms with Gasteiger partial charge in [0.05, 0.1) is 6.20 Å². The second-order valence-electron chi connectivity index (χ2n) is 3.34. The number of ether oxygens (including phenoxy) is 1. The van der Waals surface area contributed by atoms with Crippen molar-refractivity contribution in [1.82, 2.24) is 9.97 Å². The molecular formula is C11H9N3O3. The molecule has 0 fully saturated rings. The van der Waals surface area contributed by atoms with E-state index in [4.69, 9.17) is 14.4 Å². The highest BCUT2D eigenvalue weighted by Crippen LogP contribution is 2.07. The Labute approximate surface area is 96.8 Å². The molecule has 6 nitrogen and oxygen atoms in total. The van der Waals surface area contributed by atoms with Gasteiger partial charge >= 0.3 is 5.97 Å². The van der Waals surface area contributed by atoms with E-state index in [1.54, 1.807) is 13.1 Å². The number of oxazole rings is 1. The number of aryl methyl sites for hydroxylation is 1. The number of nitrogens with zero attached hydrogens (tertiary/aromatic N) is 2. The van der Waals surface area contributed by atoms with Crippen LogP contribution in [0.25, 0.3) is 0 Å². The molecule has 0 saturated heterocycles.